The summed E-state index contributed by atoms with van der Waals surface area (Å²) in [4.78, 5) is 0. The Morgan fingerprint density at radius 3 is 1.89 bits per heavy atom. The predicted molar refractivity (Wildman–Crippen MR) is 71.6 cm³/mol. The van der Waals surface area contributed by atoms with E-state index in [-0.39, 0.29) is 11.5 Å². The molecule has 96 valence electrons. The van der Waals surface area contributed by atoms with Crippen LogP contribution in [0.3, 0.4) is 0 Å². The number of hydrogen-bond acceptors (Lipinski definition) is 5. The van der Waals surface area contributed by atoms with E-state index in [1.54, 1.807) is 31.4 Å². The largest absolute Gasteiger partial charge is 0.508 e. The first-order valence-corrected chi connectivity index (χ1v) is 5.20. The van der Waals surface area contributed by atoms with Crippen LogP contribution in [0, 0.1) is 0 Å². The number of para-hydroxylation sites is 1. The predicted octanol–water partition coefficient (Wildman–Crippen LogP) is 1.96. The van der Waals surface area contributed by atoms with Crippen LogP contribution >= 0.6 is 0 Å². The molecule has 6 N–H and O–H groups in total. The summed E-state index contributed by atoms with van der Waals surface area (Å²) in [5.74, 6) is 0.801. The molecule has 0 heterocycles. The molecule has 0 radical (unpaired) electrons. The second-order valence-corrected chi connectivity index (χ2v) is 3.48. The zero-order valence-electron chi connectivity index (χ0n) is 10.00. The van der Waals surface area contributed by atoms with Crippen LogP contribution in [0.2, 0.25) is 0 Å². The Morgan fingerprint density at radius 2 is 1.50 bits per heavy atom. The molecular formula is C13H16N2O3. The van der Waals surface area contributed by atoms with Crippen molar-refractivity contribution in [2.45, 2.75) is 0 Å². The summed E-state index contributed by atoms with van der Waals surface area (Å²) in [5, 5.41) is 17.3. The first kappa shape index (κ1) is 13.5. The molecule has 0 aliphatic carbocycles. The SMILES string of the molecule is COc1cccc(N)c1N.Oc1cccc(O)c1. The molecule has 0 fully saturated rings. The van der Waals surface area contributed by atoms with Crippen LogP contribution in [0.4, 0.5) is 11.4 Å². The van der Waals surface area contributed by atoms with Gasteiger partial charge in [-0.25, -0.2) is 0 Å². The van der Waals surface area contributed by atoms with Gasteiger partial charge >= 0.3 is 0 Å². The molecule has 5 heteroatoms. The van der Waals surface area contributed by atoms with E-state index in [9.17, 15) is 0 Å². The molecule has 2 aromatic carbocycles. The van der Waals surface area contributed by atoms with Crippen molar-refractivity contribution < 1.29 is 14.9 Å². The highest BCUT2D eigenvalue weighted by Gasteiger charge is 1.99. The molecule has 0 saturated carbocycles. The minimum Gasteiger partial charge on any atom is -0.508 e. The fourth-order valence-electron chi connectivity index (χ4n) is 1.23. The molecule has 0 spiro atoms. The van der Waals surface area contributed by atoms with E-state index in [4.69, 9.17) is 26.4 Å². The number of nitrogen functional groups attached to an aromatic ring is 2. The number of aromatic hydroxyl groups is 2. The van der Waals surface area contributed by atoms with Gasteiger partial charge in [0.1, 0.15) is 17.2 Å². The van der Waals surface area contributed by atoms with Crippen molar-refractivity contribution in [2.75, 3.05) is 18.6 Å². The number of methoxy groups -OCH3 is 1. The van der Waals surface area contributed by atoms with Crippen LogP contribution in [0.1, 0.15) is 0 Å². The van der Waals surface area contributed by atoms with E-state index in [0.717, 1.165) is 0 Å². The first-order valence-electron chi connectivity index (χ1n) is 5.20. The van der Waals surface area contributed by atoms with E-state index in [1.807, 2.05) is 0 Å². The monoisotopic (exact) mass is 248 g/mol. The van der Waals surface area contributed by atoms with E-state index >= 15 is 0 Å². The molecule has 0 unspecified atom stereocenters. The Balaban J connectivity index is 0.000000184. The molecule has 0 aromatic heterocycles. The normalized spacial score (nSPS) is 9.17. The molecule has 0 bridgehead atoms. The van der Waals surface area contributed by atoms with Gasteiger partial charge in [0, 0.05) is 6.07 Å². The minimum atomic E-state index is 0.0880. The number of phenols is 2. The number of anilines is 2. The molecule has 2 aromatic rings. The number of hydrogen-bond donors (Lipinski definition) is 4. The third-order valence-corrected chi connectivity index (χ3v) is 2.15. The molecule has 0 saturated heterocycles. The van der Waals surface area contributed by atoms with Crippen LogP contribution in [-0.4, -0.2) is 17.3 Å². The third kappa shape index (κ3) is 3.79. The summed E-state index contributed by atoms with van der Waals surface area (Å²) in [6.07, 6.45) is 0. The van der Waals surface area contributed by atoms with Crippen molar-refractivity contribution >= 4 is 11.4 Å². The van der Waals surface area contributed by atoms with Crippen LogP contribution in [0.5, 0.6) is 17.2 Å². The van der Waals surface area contributed by atoms with Crippen LogP contribution < -0.4 is 16.2 Å². The van der Waals surface area contributed by atoms with Gasteiger partial charge in [-0.3, -0.25) is 0 Å². The van der Waals surface area contributed by atoms with Crippen molar-refractivity contribution in [2.24, 2.45) is 0 Å². The van der Waals surface area contributed by atoms with Gasteiger partial charge in [-0.05, 0) is 24.3 Å². The van der Waals surface area contributed by atoms with Gasteiger partial charge in [-0.15, -0.1) is 0 Å². The molecule has 0 aliphatic heterocycles. The molecular weight excluding hydrogens is 232 g/mol. The van der Waals surface area contributed by atoms with Crippen molar-refractivity contribution in [3.05, 3.63) is 42.5 Å². The van der Waals surface area contributed by atoms with E-state index in [1.165, 1.54) is 18.2 Å². The van der Waals surface area contributed by atoms with Crippen LogP contribution in [0.25, 0.3) is 0 Å². The summed E-state index contributed by atoms with van der Waals surface area (Å²) >= 11 is 0. The van der Waals surface area contributed by atoms with Gasteiger partial charge in [0.15, 0.2) is 0 Å². The Morgan fingerprint density at radius 1 is 0.944 bits per heavy atom. The lowest BCUT2D eigenvalue weighted by Gasteiger charge is -2.04. The fourth-order valence-corrected chi connectivity index (χ4v) is 1.23. The summed E-state index contributed by atoms with van der Waals surface area (Å²) < 4.78 is 4.92. The topological polar surface area (TPSA) is 102 Å². The van der Waals surface area contributed by atoms with E-state index in [0.29, 0.717) is 17.1 Å². The van der Waals surface area contributed by atoms with Gasteiger partial charge in [0.05, 0.1) is 18.5 Å². The number of ether oxygens (including phenoxy) is 1. The smallest absolute Gasteiger partial charge is 0.143 e. The second-order valence-electron chi connectivity index (χ2n) is 3.48. The lowest BCUT2D eigenvalue weighted by atomic mass is 10.2. The highest BCUT2D eigenvalue weighted by atomic mass is 16.5. The standard InChI is InChI=1S/C7H10N2O.C6H6O2/c1-10-6-4-2-3-5(8)7(6)9;7-5-2-1-3-6(8)4-5/h2-4H,8-9H2,1H3;1-4,7-8H. The van der Waals surface area contributed by atoms with Crippen LogP contribution in [0.15, 0.2) is 42.5 Å². The maximum absolute atomic E-state index is 8.65. The fraction of sp³-hybridized carbons (Fsp3) is 0.0769. The molecule has 5 nitrogen and oxygen atoms in total. The van der Waals surface area contributed by atoms with E-state index in [2.05, 4.69) is 0 Å². The Labute approximate surface area is 105 Å². The van der Waals surface area contributed by atoms with Crippen molar-refractivity contribution in [1.29, 1.82) is 0 Å². The lowest BCUT2D eigenvalue weighted by molar-refractivity contribution is 0.417. The number of benzene rings is 2. The molecule has 0 aliphatic rings. The zero-order valence-corrected chi connectivity index (χ0v) is 10.00. The van der Waals surface area contributed by atoms with Crippen molar-refractivity contribution in [1.82, 2.24) is 0 Å². The Hall–Kier alpha value is -2.56. The molecule has 0 atom stereocenters. The van der Waals surface area contributed by atoms with Gasteiger partial charge in [-0.1, -0.05) is 12.1 Å². The maximum atomic E-state index is 8.65. The minimum absolute atomic E-state index is 0.0880. The Bertz CT molecular complexity index is 498. The highest BCUT2D eigenvalue weighted by Crippen LogP contribution is 2.25. The summed E-state index contributed by atoms with van der Waals surface area (Å²) in [6, 6.07) is 11.2. The van der Waals surface area contributed by atoms with Crippen molar-refractivity contribution in [3.8, 4) is 17.2 Å². The van der Waals surface area contributed by atoms with Gasteiger partial charge < -0.3 is 26.4 Å². The number of nitrogens with two attached hydrogens (primary N) is 2. The maximum Gasteiger partial charge on any atom is 0.143 e. The molecule has 2 rings (SSSR count). The Kier molecular flexibility index (Phi) is 4.68. The average molecular weight is 248 g/mol. The highest BCUT2D eigenvalue weighted by molar-refractivity contribution is 5.70. The van der Waals surface area contributed by atoms with Gasteiger partial charge in [0.25, 0.3) is 0 Å². The second kappa shape index (κ2) is 6.24. The zero-order chi connectivity index (χ0) is 13.5. The van der Waals surface area contributed by atoms with Crippen LogP contribution in [-0.2, 0) is 0 Å². The summed E-state index contributed by atoms with van der Waals surface area (Å²) in [6.45, 7) is 0. The van der Waals surface area contributed by atoms with Gasteiger partial charge in [-0.2, -0.15) is 0 Å². The lowest BCUT2D eigenvalue weighted by Crippen LogP contribution is -1.97. The average Bonchev–Trinajstić information content (AvgIpc) is 2.33. The number of rotatable bonds is 1. The van der Waals surface area contributed by atoms with E-state index < -0.39 is 0 Å². The first-order chi connectivity index (χ1) is 8.54. The van der Waals surface area contributed by atoms with Crippen molar-refractivity contribution in [3.63, 3.8) is 0 Å². The quantitative estimate of drug-likeness (QED) is 0.578. The molecule has 0 amide bonds. The molecule has 18 heavy (non-hydrogen) atoms. The summed E-state index contributed by atoms with van der Waals surface area (Å²) in [5.41, 5.74) is 12.1. The summed E-state index contributed by atoms with van der Waals surface area (Å²) in [7, 11) is 1.56. The van der Waals surface area contributed by atoms with Gasteiger partial charge in [0.2, 0.25) is 0 Å². The number of phenolic OH excluding ortho intramolecular Hbond substituents is 2. The third-order valence-electron chi connectivity index (χ3n) is 2.15.